The van der Waals surface area contributed by atoms with Gasteiger partial charge in [-0.2, -0.15) is 0 Å². The van der Waals surface area contributed by atoms with Gasteiger partial charge < -0.3 is 4.57 Å². The summed E-state index contributed by atoms with van der Waals surface area (Å²) in [6.45, 7) is -0.256. The maximum atomic E-state index is 12.0. The van der Waals surface area contributed by atoms with Gasteiger partial charge in [-0.05, 0) is 12.1 Å². The van der Waals surface area contributed by atoms with Gasteiger partial charge >= 0.3 is 5.69 Å². The fraction of sp³-hybridized carbons (Fsp3) is 0.154. The van der Waals surface area contributed by atoms with Gasteiger partial charge in [0.2, 0.25) is 0 Å². The minimum Gasteiger partial charge on any atom is -0.303 e. The van der Waals surface area contributed by atoms with Gasteiger partial charge in [0, 0.05) is 29.3 Å². The Kier molecular flexibility index (Phi) is 3.80. The maximum absolute atomic E-state index is 12.0. The first-order valence-electron chi connectivity index (χ1n) is 5.54. The van der Waals surface area contributed by atoms with Gasteiger partial charge in [0.15, 0.2) is 5.78 Å². The third kappa shape index (κ3) is 2.90. The van der Waals surface area contributed by atoms with Crippen LogP contribution in [0.5, 0.6) is 0 Å². The third-order valence-electron chi connectivity index (χ3n) is 2.71. The van der Waals surface area contributed by atoms with Crippen molar-refractivity contribution in [3.63, 3.8) is 0 Å². The van der Waals surface area contributed by atoms with Gasteiger partial charge in [0.1, 0.15) is 0 Å². The molecular weight excluding hydrogens is 312 g/mol. The topological polar surface area (TPSA) is 61.1 Å². The minimum atomic E-state index is -0.502. The van der Waals surface area contributed by atoms with E-state index in [2.05, 4.69) is 15.9 Å². The van der Waals surface area contributed by atoms with Crippen LogP contribution in [0.25, 0.3) is 0 Å². The average molecular weight is 323 g/mol. The van der Waals surface area contributed by atoms with Crippen molar-refractivity contribution in [3.05, 3.63) is 67.4 Å². The number of benzene rings is 1. The number of aryl methyl sites for hydroxylation is 1. The van der Waals surface area contributed by atoms with Crippen molar-refractivity contribution in [2.75, 3.05) is 0 Å². The van der Waals surface area contributed by atoms with Crippen LogP contribution < -0.4 is 11.2 Å². The van der Waals surface area contributed by atoms with E-state index in [0.717, 1.165) is 9.04 Å². The summed E-state index contributed by atoms with van der Waals surface area (Å²) in [5, 5.41) is 0. The highest BCUT2D eigenvalue weighted by molar-refractivity contribution is 9.10. The van der Waals surface area contributed by atoms with Gasteiger partial charge in [-0.3, -0.25) is 14.2 Å². The summed E-state index contributed by atoms with van der Waals surface area (Å²) < 4.78 is 3.04. The second-order valence-corrected chi connectivity index (χ2v) is 4.98. The van der Waals surface area contributed by atoms with E-state index in [0.29, 0.717) is 5.56 Å². The van der Waals surface area contributed by atoms with Crippen molar-refractivity contribution < 1.29 is 4.79 Å². The van der Waals surface area contributed by atoms with Crippen LogP contribution >= 0.6 is 15.9 Å². The number of aromatic nitrogens is 2. The molecule has 6 heteroatoms. The van der Waals surface area contributed by atoms with Crippen LogP contribution in [-0.4, -0.2) is 14.9 Å². The van der Waals surface area contributed by atoms with Crippen molar-refractivity contribution in [1.82, 2.24) is 9.13 Å². The van der Waals surface area contributed by atoms with E-state index in [9.17, 15) is 14.4 Å². The van der Waals surface area contributed by atoms with Crippen LogP contribution in [0.3, 0.4) is 0 Å². The highest BCUT2D eigenvalue weighted by Gasteiger charge is 2.10. The molecule has 0 saturated carbocycles. The van der Waals surface area contributed by atoms with E-state index in [4.69, 9.17) is 0 Å². The van der Waals surface area contributed by atoms with Gasteiger partial charge in [0.05, 0.1) is 6.54 Å². The lowest BCUT2D eigenvalue weighted by molar-refractivity contribution is 0.0968. The van der Waals surface area contributed by atoms with Gasteiger partial charge in [-0.25, -0.2) is 4.79 Å². The largest absolute Gasteiger partial charge is 0.331 e. The number of hydrogen-bond acceptors (Lipinski definition) is 3. The van der Waals surface area contributed by atoms with Crippen molar-refractivity contribution in [2.45, 2.75) is 6.54 Å². The van der Waals surface area contributed by atoms with Gasteiger partial charge in [-0.15, -0.1) is 0 Å². The molecule has 0 spiro atoms. The fourth-order valence-corrected chi connectivity index (χ4v) is 1.89. The Balaban J connectivity index is 2.34. The monoisotopic (exact) mass is 322 g/mol. The van der Waals surface area contributed by atoms with E-state index in [1.54, 1.807) is 24.3 Å². The molecule has 0 amide bonds. The van der Waals surface area contributed by atoms with Crippen LogP contribution in [0.15, 0.2) is 50.6 Å². The highest BCUT2D eigenvalue weighted by Crippen LogP contribution is 2.11. The Morgan fingerprint density at radius 3 is 2.42 bits per heavy atom. The molecule has 0 aliphatic heterocycles. The Labute approximate surface area is 117 Å². The summed E-state index contributed by atoms with van der Waals surface area (Å²) in [5.41, 5.74) is -0.521. The predicted octanol–water partition coefficient (Wildman–Crippen LogP) is 1.19. The standard InChI is InChI=1S/C13H11BrN2O3/c1-15-7-6-12(18)16(13(15)19)8-11(17)9-2-4-10(14)5-3-9/h2-7H,8H2,1H3. The van der Waals surface area contributed by atoms with E-state index >= 15 is 0 Å². The lowest BCUT2D eigenvalue weighted by Gasteiger charge is -2.06. The fourth-order valence-electron chi connectivity index (χ4n) is 1.63. The molecule has 0 N–H and O–H groups in total. The van der Waals surface area contributed by atoms with Crippen molar-refractivity contribution in [2.24, 2.45) is 7.05 Å². The molecular formula is C13H11BrN2O3. The van der Waals surface area contributed by atoms with Crippen LogP contribution in [0, 0.1) is 0 Å². The Morgan fingerprint density at radius 1 is 1.16 bits per heavy atom. The smallest absolute Gasteiger partial charge is 0.303 e. The molecule has 1 aromatic heterocycles. The zero-order valence-electron chi connectivity index (χ0n) is 10.2. The zero-order chi connectivity index (χ0) is 14.0. The molecule has 0 atom stereocenters. The summed E-state index contributed by atoms with van der Waals surface area (Å²) in [4.78, 5) is 35.4. The van der Waals surface area contributed by atoms with E-state index in [1.807, 2.05) is 0 Å². The Hall–Kier alpha value is -1.95. The third-order valence-corrected chi connectivity index (χ3v) is 3.24. The number of rotatable bonds is 3. The van der Waals surface area contributed by atoms with Gasteiger partial charge in [0.25, 0.3) is 5.56 Å². The molecule has 2 rings (SSSR count). The van der Waals surface area contributed by atoms with Crippen LogP contribution in [0.4, 0.5) is 0 Å². The molecule has 0 saturated heterocycles. The molecule has 0 fully saturated rings. The molecule has 0 bridgehead atoms. The Morgan fingerprint density at radius 2 is 1.79 bits per heavy atom. The zero-order valence-corrected chi connectivity index (χ0v) is 11.8. The SMILES string of the molecule is Cn1ccc(=O)n(CC(=O)c2ccc(Br)cc2)c1=O. The van der Waals surface area contributed by atoms with E-state index < -0.39 is 11.2 Å². The molecule has 2 aromatic rings. The molecule has 1 aromatic carbocycles. The highest BCUT2D eigenvalue weighted by atomic mass is 79.9. The molecule has 0 aliphatic rings. The van der Waals surface area contributed by atoms with Crippen molar-refractivity contribution >= 4 is 21.7 Å². The first-order chi connectivity index (χ1) is 8.99. The summed E-state index contributed by atoms with van der Waals surface area (Å²) in [5.74, 6) is -0.280. The first kappa shape index (κ1) is 13.5. The summed E-state index contributed by atoms with van der Waals surface area (Å²) >= 11 is 3.27. The van der Waals surface area contributed by atoms with Crippen molar-refractivity contribution in [1.29, 1.82) is 0 Å². The van der Waals surface area contributed by atoms with Crippen LogP contribution in [0.1, 0.15) is 10.4 Å². The van der Waals surface area contributed by atoms with Crippen LogP contribution in [-0.2, 0) is 13.6 Å². The number of carbonyl (C=O) groups excluding carboxylic acids is 1. The summed E-state index contributed by atoms with van der Waals surface area (Å²) in [6.07, 6.45) is 1.38. The lowest BCUT2D eigenvalue weighted by atomic mass is 10.1. The number of ketones is 1. The molecule has 98 valence electrons. The Bertz CT molecular complexity index is 729. The number of carbonyl (C=O) groups is 1. The number of hydrogen-bond donors (Lipinski definition) is 0. The van der Waals surface area contributed by atoms with Crippen LogP contribution in [0.2, 0.25) is 0 Å². The average Bonchev–Trinajstić information content (AvgIpc) is 2.40. The van der Waals surface area contributed by atoms with E-state index in [-0.39, 0.29) is 12.3 Å². The molecule has 0 aliphatic carbocycles. The summed E-state index contributed by atoms with van der Waals surface area (Å²) in [6, 6.07) is 8.02. The van der Waals surface area contributed by atoms with Gasteiger partial charge in [-0.1, -0.05) is 28.1 Å². The molecule has 19 heavy (non-hydrogen) atoms. The van der Waals surface area contributed by atoms with E-state index in [1.165, 1.54) is 23.9 Å². The maximum Gasteiger partial charge on any atom is 0.331 e. The second-order valence-electron chi connectivity index (χ2n) is 4.06. The lowest BCUT2D eigenvalue weighted by Crippen LogP contribution is -2.39. The normalized spacial score (nSPS) is 10.4. The predicted molar refractivity (Wildman–Crippen MR) is 74.4 cm³/mol. The minimum absolute atomic E-state index is 0.256. The number of Topliss-reactive ketones (excluding diaryl/α,β-unsaturated/α-hetero) is 1. The molecule has 0 unspecified atom stereocenters. The first-order valence-corrected chi connectivity index (χ1v) is 6.33. The quantitative estimate of drug-likeness (QED) is 0.797. The molecule has 1 heterocycles. The van der Waals surface area contributed by atoms with Crippen molar-refractivity contribution in [3.8, 4) is 0 Å². The second kappa shape index (κ2) is 5.36. The molecule has 5 nitrogen and oxygen atoms in total. The number of halogens is 1. The number of nitrogens with zero attached hydrogens (tertiary/aromatic N) is 2. The summed E-state index contributed by atoms with van der Waals surface area (Å²) in [7, 11) is 1.53. The molecule has 0 radical (unpaired) electrons.